The lowest BCUT2D eigenvalue weighted by Crippen LogP contribution is -2.32. The average molecular weight is 452 g/mol. The van der Waals surface area contributed by atoms with Gasteiger partial charge >= 0.3 is 0 Å². The first kappa shape index (κ1) is 21.6. The maximum Gasteiger partial charge on any atom is 0.277 e. The third-order valence-electron chi connectivity index (χ3n) is 4.96. The molecule has 0 radical (unpaired) electrons. The van der Waals surface area contributed by atoms with Crippen LogP contribution in [0.3, 0.4) is 0 Å². The van der Waals surface area contributed by atoms with Crippen LogP contribution >= 0.6 is 11.6 Å². The van der Waals surface area contributed by atoms with E-state index >= 15 is 0 Å². The number of anilines is 1. The highest BCUT2D eigenvalue weighted by Crippen LogP contribution is 2.29. The summed E-state index contributed by atoms with van der Waals surface area (Å²) in [4.78, 5) is 12.0. The van der Waals surface area contributed by atoms with Gasteiger partial charge in [-0.1, -0.05) is 60.1 Å². The Balaban J connectivity index is 1.41. The molecule has 4 N–H and O–H groups in total. The number of hydrogen-bond acceptors (Lipinski definition) is 7. The van der Waals surface area contributed by atoms with Crippen molar-refractivity contribution in [1.29, 1.82) is 0 Å². The van der Waals surface area contributed by atoms with E-state index < -0.39 is 5.91 Å². The number of aromatic nitrogens is 2. The predicted octanol–water partition coefficient (Wildman–Crippen LogP) is 3.56. The lowest BCUT2D eigenvalue weighted by Gasteiger charge is -2.16. The molecule has 0 aliphatic carbocycles. The maximum absolute atomic E-state index is 12.0. The standard InChI is InChI=1S/C23H22ClN5O3/c24-19-8-4-2-6-16(19)14-31-20-10-9-15-5-1-3-7-17(15)18(20)13-26-11-12-27-23(30)21-22(25)29-32-28-21/h1-10,26H,11-14H2,(H2,25,29)(H,27,30). The minimum Gasteiger partial charge on any atom is -0.488 e. The number of amides is 1. The number of nitrogen functional groups attached to an aromatic ring is 1. The highest BCUT2D eigenvalue weighted by molar-refractivity contribution is 6.31. The third-order valence-corrected chi connectivity index (χ3v) is 5.33. The van der Waals surface area contributed by atoms with E-state index in [0.717, 1.165) is 27.6 Å². The van der Waals surface area contributed by atoms with Crippen molar-refractivity contribution in [1.82, 2.24) is 20.9 Å². The SMILES string of the molecule is Nc1nonc1C(=O)NCCNCc1c(OCc2ccccc2Cl)ccc2ccccc12. The van der Waals surface area contributed by atoms with Crippen LogP contribution in [-0.2, 0) is 13.2 Å². The van der Waals surface area contributed by atoms with E-state index in [9.17, 15) is 4.79 Å². The molecule has 9 heteroatoms. The summed E-state index contributed by atoms with van der Waals surface area (Å²) in [6, 6.07) is 19.8. The molecule has 0 unspecified atom stereocenters. The molecule has 0 atom stereocenters. The van der Waals surface area contributed by atoms with Crippen molar-refractivity contribution in [3.8, 4) is 5.75 Å². The second-order valence-corrected chi connectivity index (χ2v) is 7.48. The van der Waals surface area contributed by atoms with Gasteiger partial charge in [0.1, 0.15) is 12.4 Å². The van der Waals surface area contributed by atoms with Crippen molar-refractivity contribution in [2.75, 3.05) is 18.8 Å². The van der Waals surface area contributed by atoms with Crippen molar-refractivity contribution in [3.05, 3.63) is 82.5 Å². The number of carbonyl (C=O) groups is 1. The summed E-state index contributed by atoms with van der Waals surface area (Å²) in [6.45, 7) is 1.84. The Labute approximate surface area is 189 Å². The summed E-state index contributed by atoms with van der Waals surface area (Å²) in [5.74, 6) is 0.313. The molecule has 32 heavy (non-hydrogen) atoms. The first-order chi connectivity index (χ1) is 15.6. The van der Waals surface area contributed by atoms with E-state index in [4.69, 9.17) is 22.1 Å². The number of halogens is 1. The maximum atomic E-state index is 12.0. The van der Waals surface area contributed by atoms with E-state index in [1.165, 1.54) is 0 Å². The van der Waals surface area contributed by atoms with Crippen LogP contribution in [0.15, 0.2) is 65.3 Å². The Morgan fingerprint density at radius 1 is 1.03 bits per heavy atom. The van der Waals surface area contributed by atoms with Gasteiger partial charge in [-0.3, -0.25) is 4.79 Å². The van der Waals surface area contributed by atoms with Crippen LogP contribution in [0, 0.1) is 0 Å². The van der Waals surface area contributed by atoms with Gasteiger partial charge in [-0.15, -0.1) is 0 Å². The highest BCUT2D eigenvalue weighted by Gasteiger charge is 2.15. The summed E-state index contributed by atoms with van der Waals surface area (Å²) in [5, 5.41) is 15.9. The number of benzene rings is 3. The molecule has 164 valence electrons. The van der Waals surface area contributed by atoms with Gasteiger partial charge in [0, 0.05) is 35.8 Å². The monoisotopic (exact) mass is 451 g/mol. The lowest BCUT2D eigenvalue weighted by molar-refractivity contribution is 0.0944. The lowest BCUT2D eigenvalue weighted by atomic mass is 10.0. The molecule has 8 nitrogen and oxygen atoms in total. The molecule has 4 rings (SSSR count). The molecule has 0 saturated carbocycles. The molecule has 4 aromatic rings. The minimum absolute atomic E-state index is 0.0192. The van der Waals surface area contributed by atoms with Crippen LogP contribution in [-0.4, -0.2) is 29.3 Å². The van der Waals surface area contributed by atoms with Crippen LogP contribution in [0.4, 0.5) is 5.82 Å². The van der Waals surface area contributed by atoms with Crippen molar-refractivity contribution in [3.63, 3.8) is 0 Å². The molecule has 3 aromatic carbocycles. The van der Waals surface area contributed by atoms with Crippen LogP contribution in [0.2, 0.25) is 5.02 Å². The number of hydrogen-bond donors (Lipinski definition) is 3. The van der Waals surface area contributed by atoms with Crippen LogP contribution in [0.5, 0.6) is 5.75 Å². The fraction of sp³-hybridized carbons (Fsp3) is 0.174. The predicted molar refractivity (Wildman–Crippen MR) is 122 cm³/mol. The fourth-order valence-electron chi connectivity index (χ4n) is 3.32. The Morgan fingerprint density at radius 2 is 1.84 bits per heavy atom. The van der Waals surface area contributed by atoms with E-state index in [2.05, 4.69) is 37.7 Å². The zero-order valence-electron chi connectivity index (χ0n) is 17.2. The number of fused-ring (bicyclic) bond motifs is 1. The second-order valence-electron chi connectivity index (χ2n) is 7.07. The molecule has 0 saturated heterocycles. The number of rotatable bonds is 9. The van der Waals surface area contributed by atoms with Gasteiger partial charge in [-0.25, -0.2) is 4.63 Å². The van der Waals surface area contributed by atoms with Crippen molar-refractivity contribution in [2.45, 2.75) is 13.2 Å². The van der Waals surface area contributed by atoms with Crippen molar-refractivity contribution >= 4 is 34.1 Å². The molecule has 0 aliphatic heterocycles. The fourth-order valence-corrected chi connectivity index (χ4v) is 3.51. The van der Waals surface area contributed by atoms with Crippen molar-refractivity contribution < 1.29 is 14.2 Å². The zero-order valence-corrected chi connectivity index (χ0v) is 17.9. The molecule has 1 heterocycles. The van der Waals surface area contributed by atoms with Gasteiger partial charge in [0.25, 0.3) is 5.91 Å². The summed E-state index contributed by atoms with van der Waals surface area (Å²) in [5.41, 5.74) is 7.47. The Kier molecular flexibility index (Phi) is 6.84. The van der Waals surface area contributed by atoms with E-state index in [1.54, 1.807) is 0 Å². The molecule has 1 aromatic heterocycles. The van der Waals surface area contributed by atoms with E-state index in [0.29, 0.717) is 31.3 Å². The highest BCUT2D eigenvalue weighted by atomic mass is 35.5. The summed E-state index contributed by atoms with van der Waals surface area (Å²) in [6.07, 6.45) is 0. The van der Waals surface area contributed by atoms with E-state index in [1.807, 2.05) is 48.5 Å². The zero-order chi connectivity index (χ0) is 22.3. The van der Waals surface area contributed by atoms with E-state index in [-0.39, 0.29) is 11.5 Å². The minimum atomic E-state index is -0.431. The molecule has 0 fully saturated rings. The Hall–Kier alpha value is -3.62. The Bertz CT molecular complexity index is 1230. The van der Waals surface area contributed by atoms with Gasteiger partial charge in [-0.05, 0) is 33.2 Å². The van der Waals surface area contributed by atoms with Crippen molar-refractivity contribution in [2.24, 2.45) is 0 Å². The first-order valence-corrected chi connectivity index (χ1v) is 10.4. The molecule has 1 amide bonds. The molecule has 0 bridgehead atoms. The quantitative estimate of drug-likeness (QED) is 0.333. The second kappa shape index (κ2) is 10.1. The third kappa shape index (κ3) is 4.99. The molecule has 0 spiro atoms. The number of nitrogens with two attached hydrogens (primary N) is 1. The topological polar surface area (TPSA) is 115 Å². The molecule has 0 aliphatic rings. The first-order valence-electron chi connectivity index (χ1n) is 10.1. The average Bonchev–Trinajstić information content (AvgIpc) is 3.24. The molecular weight excluding hydrogens is 430 g/mol. The summed E-state index contributed by atoms with van der Waals surface area (Å²) >= 11 is 6.27. The van der Waals surface area contributed by atoms with Gasteiger partial charge in [0.2, 0.25) is 11.5 Å². The van der Waals surface area contributed by atoms with Gasteiger partial charge in [-0.2, -0.15) is 0 Å². The summed E-state index contributed by atoms with van der Waals surface area (Å²) < 4.78 is 10.6. The number of carbonyl (C=O) groups excluding carboxylic acids is 1. The van der Waals surface area contributed by atoms with Gasteiger partial charge < -0.3 is 21.1 Å². The number of nitrogens with one attached hydrogen (secondary N) is 2. The smallest absolute Gasteiger partial charge is 0.277 e. The number of nitrogens with zero attached hydrogens (tertiary/aromatic N) is 2. The van der Waals surface area contributed by atoms with Gasteiger partial charge in [0.15, 0.2) is 0 Å². The molecular formula is C23H22ClN5O3. The Morgan fingerprint density at radius 3 is 2.66 bits per heavy atom. The summed E-state index contributed by atoms with van der Waals surface area (Å²) in [7, 11) is 0. The van der Waals surface area contributed by atoms with Crippen LogP contribution in [0.1, 0.15) is 21.6 Å². The normalized spacial score (nSPS) is 10.9. The van der Waals surface area contributed by atoms with Crippen LogP contribution in [0.25, 0.3) is 10.8 Å². The number of ether oxygens (including phenoxy) is 1. The van der Waals surface area contributed by atoms with Crippen LogP contribution < -0.4 is 21.1 Å². The largest absolute Gasteiger partial charge is 0.488 e. The van der Waals surface area contributed by atoms with Gasteiger partial charge in [0.05, 0.1) is 0 Å².